The van der Waals surface area contributed by atoms with Crippen LogP contribution in [-0.4, -0.2) is 11.9 Å². The second kappa shape index (κ2) is 6.11. The molecule has 0 bridgehead atoms. The van der Waals surface area contributed by atoms with Gasteiger partial charge in [-0.25, -0.2) is 0 Å². The Labute approximate surface area is 126 Å². The summed E-state index contributed by atoms with van der Waals surface area (Å²) in [7, 11) is 2.17. The van der Waals surface area contributed by atoms with Crippen molar-refractivity contribution in [1.82, 2.24) is 4.90 Å². The summed E-state index contributed by atoms with van der Waals surface area (Å²) in [4.78, 5) is 2.38. The molecule has 0 aliphatic heterocycles. The quantitative estimate of drug-likeness (QED) is 0.845. The first-order valence-corrected chi connectivity index (χ1v) is 7.55. The maximum Gasteiger partial charge on any atom is 0.0995 e. The fourth-order valence-electron chi connectivity index (χ4n) is 3.33. The Morgan fingerprint density at radius 1 is 1.14 bits per heavy atom. The summed E-state index contributed by atoms with van der Waals surface area (Å²) >= 11 is 0. The van der Waals surface area contributed by atoms with E-state index in [-0.39, 0.29) is 0 Å². The molecular formula is C19H20N2. The molecule has 2 nitrogen and oxygen atoms in total. The van der Waals surface area contributed by atoms with Gasteiger partial charge in [0.25, 0.3) is 0 Å². The molecule has 0 fully saturated rings. The Hall–Kier alpha value is -2.11. The van der Waals surface area contributed by atoms with E-state index < -0.39 is 0 Å². The number of hydrogen-bond acceptors (Lipinski definition) is 2. The van der Waals surface area contributed by atoms with Gasteiger partial charge in [-0.3, -0.25) is 4.90 Å². The van der Waals surface area contributed by atoms with Crippen molar-refractivity contribution in [2.75, 3.05) is 7.05 Å². The van der Waals surface area contributed by atoms with Gasteiger partial charge >= 0.3 is 0 Å². The number of benzene rings is 2. The summed E-state index contributed by atoms with van der Waals surface area (Å²) in [5.74, 6) is 0. The fraction of sp³-hybridized carbons (Fsp3) is 0.316. The number of fused-ring (bicyclic) bond motifs is 1. The maximum absolute atomic E-state index is 9.23. The Morgan fingerprint density at radius 2 is 1.90 bits per heavy atom. The van der Waals surface area contributed by atoms with E-state index in [1.165, 1.54) is 30.4 Å². The highest BCUT2D eigenvalue weighted by Crippen LogP contribution is 2.34. The van der Waals surface area contributed by atoms with Crippen LogP contribution < -0.4 is 0 Å². The minimum absolute atomic E-state index is 0.460. The molecule has 1 atom stereocenters. The molecule has 21 heavy (non-hydrogen) atoms. The van der Waals surface area contributed by atoms with Crippen molar-refractivity contribution in [1.29, 1.82) is 5.26 Å². The predicted octanol–water partition coefficient (Wildman–Crippen LogP) is 4.07. The van der Waals surface area contributed by atoms with Gasteiger partial charge in [0, 0.05) is 12.6 Å². The molecular weight excluding hydrogens is 256 g/mol. The van der Waals surface area contributed by atoms with Crippen LogP contribution in [0.5, 0.6) is 0 Å². The fourth-order valence-corrected chi connectivity index (χ4v) is 3.33. The second-order valence-corrected chi connectivity index (χ2v) is 5.79. The summed E-state index contributed by atoms with van der Waals surface area (Å²) in [5, 5.41) is 9.23. The molecule has 0 radical (unpaired) electrons. The highest BCUT2D eigenvalue weighted by molar-refractivity contribution is 5.38. The minimum Gasteiger partial charge on any atom is -0.295 e. The summed E-state index contributed by atoms with van der Waals surface area (Å²) in [6.07, 6.45) is 3.63. The van der Waals surface area contributed by atoms with Gasteiger partial charge in [0.1, 0.15) is 0 Å². The predicted molar refractivity (Wildman–Crippen MR) is 84.7 cm³/mol. The van der Waals surface area contributed by atoms with Crippen LogP contribution in [0, 0.1) is 11.3 Å². The number of rotatable bonds is 3. The lowest BCUT2D eigenvalue weighted by Gasteiger charge is -2.33. The summed E-state index contributed by atoms with van der Waals surface area (Å²) in [6.45, 7) is 0.822. The van der Waals surface area contributed by atoms with Gasteiger partial charge in [-0.1, -0.05) is 42.5 Å². The first-order valence-electron chi connectivity index (χ1n) is 7.55. The standard InChI is InChI=1S/C19H20N2/c1-21(14-17-9-3-2-8-16(17)13-20)19-12-6-10-15-7-4-5-11-18(15)19/h2-5,7-9,11,19H,6,10,12,14H2,1H3. The SMILES string of the molecule is CN(Cc1ccccc1C#N)C1CCCc2ccccc21. The molecule has 0 N–H and O–H groups in total. The molecule has 0 heterocycles. The molecule has 1 aliphatic rings. The molecule has 2 aromatic rings. The number of nitriles is 1. The Morgan fingerprint density at radius 3 is 2.76 bits per heavy atom. The molecule has 0 spiro atoms. The summed E-state index contributed by atoms with van der Waals surface area (Å²) in [5.41, 5.74) is 4.84. The van der Waals surface area contributed by atoms with Gasteiger partial charge in [-0.2, -0.15) is 5.26 Å². The van der Waals surface area contributed by atoms with Crippen molar-refractivity contribution in [3.63, 3.8) is 0 Å². The molecule has 3 rings (SSSR count). The van der Waals surface area contributed by atoms with Crippen LogP contribution in [-0.2, 0) is 13.0 Å². The van der Waals surface area contributed by atoms with Crippen molar-refractivity contribution >= 4 is 0 Å². The minimum atomic E-state index is 0.460. The van der Waals surface area contributed by atoms with Crippen LogP contribution in [0.3, 0.4) is 0 Å². The van der Waals surface area contributed by atoms with Gasteiger partial charge in [0.2, 0.25) is 0 Å². The van der Waals surface area contributed by atoms with Crippen molar-refractivity contribution in [2.24, 2.45) is 0 Å². The molecule has 2 heteroatoms. The van der Waals surface area contributed by atoms with Crippen molar-refractivity contribution in [3.05, 3.63) is 70.8 Å². The zero-order valence-electron chi connectivity index (χ0n) is 12.4. The van der Waals surface area contributed by atoms with Crippen LogP contribution in [0.25, 0.3) is 0 Å². The van der Waals surface area contributed by atoms with Crippen LogP contribution in [0.4, 0.5) is 0 Å². The third-order valence-electron chi connectivity index (χ3n) is 4.43. The zero-order valence-corrected chi connectivity index (χ0v) is 12.4. The van der Waals surface area contributed by atoms with E-state index in [1.807, 2.05) is 18.2 Å². The van der Waals surface area contributed by atoms with Gasteiger partial charge in [0.05, 0.1) is 11.6 Å². The number of hydrogen-bond donors (Lipinski definition) is 0. The second-order valence-electron chi connectivity index (χ2n) is 5.79. The largest absolute Gasteiger partial charge is 0.295 e. The number of aryl methyl sites for hydroxylation is 1. The van der Waals surface area contributed by atoms with Gasteiger partial charge < -0.3 is 0 Å². The monoisotopic (exact) mass is 276 g/mol. The van der Waals surface area contributed by atoms with E-state index in [1.54, 1.807) is 0 Å². The Bertz CT molecular complexity index is 669. The smallest absolute Gasteiger partial charge is 0.0995 e. The van der Waals surface area contributed by atoms with E-state index in [9.17, 15) is 5.26 Å². The molecule has 1 unspecified atom stereocenters. The van der Waals surface area contributed by atoms with Crippen molar-refractivity contribution < 1.29 is 0 Å². The molecule has 106 valence electrons. The zero-order chi connectivity index (χ0) is 14.7. The van der Waals surface area contributed by atoms with E-state index in [0.29, 0.717) is 6.04 Å². The average Bonchev–Trinajstić information content (AvgIpc) is 2.54. The maximum atomic E-state index is 9.23. The van der Waals surface area contributed by atoms with Crippen LogP contribution >= 0.6 is 0 Å². The lowest BCUT2D eigenvalue weighted by atomic mass is 9.87. The molecule has 2 aromatic carbocycles. The lowest BCUT2D eigenvalue weighted by molar-refractivity contribution is 0.213. The van der Waals surface area contributed by atoms with Gasteiger partial charge in [-0.15, -0.1) is 0 Å². The van der Waals surface area contributed by atoms with Crippen molar-refractivity contribution in [3.8, 4) is 6.07 Å². The highest BCUT2D eigenvalue weighted by Gasteiger charge is 2.23. The average molecular weight is 276 g/mol. The van der Waals surface area contributed by atoms with E-state index in [0.717, 1.165) is 17.7 Å². The van der Waals surface area contributed by atoms with Crippen molar-refractivity contribution in [2.45, 2.75) is 31.8 Å². The van der Waals surface area contributed by atoms with E-state index in [4.69, 9.17) is 0 Å². The molecule has 0 saturated carbocycles. The third-order valence-corrected chi connectivity index (χ3v) is 4.43. The van der Waals surface area contributed by atoms with E-state index in [2.05, 4.69) is 48.3 Å². The summed E-state index contributed by atoms with van der Waals surface area (Å²) < 4.78 is 0. The van der Waals surface area contributed by atoms with Crippen LogP contribution in [0.15, 0.2) is 48.5 Å². The summed E-state index contributed by atoms with van der Waals surface area (Å²) in [6, 6.07) is 19.4. The molecule has 0 saturated heterocycles. The normalized spacial score (nSPS) is 17.3. The molecule has 0 aromatic heterocycles. The third kappa shape index (κ3) is 2.84. The van der Waals surface area contributed by atoms with Crippen LogP contribution in [0.1, 0.15) is 41.1 Å². The lowest BCUT2D eigenvalue weighted by Crippen LogP contribution is -2.27. The van der Waals surface area contributed by atoms with Gasteiger partial charge in [0.15, 0.2) is 0 Å². The van der Waals surface area contributed by atoms with Gasteiger partial charge in [-0.05, 0) is 49.1 Å². The first kappa shape index (κ1) is 13.9. The topological polar surface area (TPSA) is 27.0 Å². The first-order chi connectivity index (χ1) is 10.3. The highest BCUT2D eigenvalue weighted by atomic mass is 15.1. The molecule has 0 amide bonds. The Balaban J connectivity index is 1.84. The number of nitrogens with zero attached hydrogens (tertiary/aromatic N) is 2. The van der Waals surface area contributed by atoms with E-state index >= 15 is 0 Å². The van der Waals surface area contributed by atoms with Crippen LogP contribution in [0.2, 0.25) is 0 Å². The molecule has 1 aliphatic carbocycles. The Kier molecular flexibility index (Phi) is 4.03.